The first-order valence-corrected chi connectivity index (χ1v) is 8.93. The van der Waals surface area contributed by atoms with Crippen LogP contribution in [0.25, 0.3) is 21.8 Å². The number of aryl methyl sites for hydroxylation is 1. The third kappa shape index (κ3) is 2.98. The Bertz CT molecular complexity index is 817. The second-order valence-electron chi connectivity index (χ2n) is 6.41. The zero-order valence-electron chi connectivity index (χ0n) is 15.3. The van der Waals surface area contributed by atoms with Gasteiger partial charge in [-0.2, -0.15) is 0 Å². The van der Waals surface area contributed by atoms with Gasteiger partial charge < -0.3 is 14.4 Å². The maximum Gasteiger partial charge on any atom is 0.152 e. The molecular weight excluding hydrogens is 296 g/mol. The molecule has 2 heterocycles. The van der Waals surface area contributed by atoms with Gasteiger partial charge in [0.05, 0.1) is 5.52 Å². The van der Waals surface area contributed by atoms with E-state index >= 15 is 0 Å². The predicted octanol–water partition coefficient (Wildman–Crippen LogP) is 3.89. The molecule has 3 aromatic rings. The van der Waals surface area contributed by atoms with Crippen LogP contribution in [0.1, 0.15) is 20.3 Å². The summed E-state index contributed by atoms with van der Waals surface area (Å²) in [6, 6.07) is 10.7. The fourth-order valence-electron chi connectivity index (χ4n) is 3.56. The minimum atomic E-state index is 1.02. The van der Waals surface area contributed by atoms with Crippen LogP contribution in [0.15, 0.2) is 36.5 Å². The molecule has 0 fully saturated rings. The summed E-state index contributed by atoms with van der Waals surface area (Å²) in [7, 11) is 4.29. The lowest BCUT2D eigenvalue weighted by Gasteiger charge is -2.22. The van der Waals surface area contributed by atoms with Gasteiger partial charge in [-0.05, 0) is 38.2 Å². The van der Waals surface area contributed by atoms with Gasteiger partial charge in [0.15, 0.2) is 5.82 Å². The summed E-state index contributed by atoms with van der Waals surface area (Å²) in [4.78, 5) is 9.46. The third-order valence-corrected chi connectivity index (χ3v) is 5.02. The zero-order valence-corrected chi connectivity index (χ0v) is 15.3. The molecule has 0 aliphatic rings. The lowest BCUT2D eigenvalue weighted by atomic mass is 10.2. The van der Waals surface area contributed by atoms with Crippen LogP contribution < -0.4 is 4.90 Å². The molecule has 0 saturated heterocycles. The highest BCUT2D eigenvalue weighted by atomic mass is 15.2. The highest BCUT2D eigenvalue weighted by Gasteiger charge is 2.15. The van der Waals surface area contributed by atoms with Gasteiger partial charge in [-0.25, -0.2) is 4.98 Å². The number of benzene rings is 1. The van der Waals surface area contributed by atoms with Crippen LogP contribution in [-0.4, -0.2) is 47.7 Å². The van der Waals surface area contributed by atoms with Crippen LogP contribution in [0, 0.1) is 0 Å². The van der Waals surface area contributed by atoms with Gasteiger partial charge in [0.1, 0.15) is 0 Å². The molecular formula is C20H28N4. The molecule has 0 unspecified atom stereocenters. The standard InChI is InChI=1S/C20H28N4/c1-5-24(6-2)15-9-14-22(3)20-19-17(12-13-21-20)16-10-7-8-11-18(16)23(19)4/h7-8,10-13H,5-6,9,14-15H2,1-4H3. The fraction of sp³-hybridized carbons (Fsp3) is 0.450. The minimum Gasteiger partial charge on any atom is -0.358 e. The molecule has 0 atom stereocenters. The first kappa shape index (κ1) is 16.8. The monoisotopic (exact) mass is 324 g/mol. The number of pyridine rings is 1. The van der Waals surface area contributed by atoms with Crippen LogP contribution in [0.4, 0.5) is 5.82 Å². The maximum atomic E-state index is 4.69. The van der Waals surface area contributed by atoms with E-state index in [9.17, 15) is 0 Å². The van der Waals surface area contributed by atoms with E-state index in [2.05, 4.69) is 72.6 Å². The summed E-state index contributed by atoms with van der Waals surface area (Å²) in [6.45, 7) is 8.86. The largest absolute Gasteiger partial charge is 0.358 e. The van der Waals surface area contributed by atoms with Crippen LogP contribution in [0.3, 0.4) is 0 Å². The first-order chi connectivity index (χ1) is 11.7. The molecule has 4 heteroatoms. The van der Waals surface area contributed by atoms with Crippen LogP contribution in [0.5, 0.6) is 0 Å². The van der Waals surface area contributed by atoms with Crippen molar-refractivity contribution < 1.29 is 0 Å². The Labute approximate surface area is 144 Å². The summed E-state index contributed by atoms with van der Waals surface area (Å²) < 4.78 is 2.27. The van der Waals surface area contributed by atoms with Gasteiger partial charge in [0.25, 0.3) is 0 Å². The van der Waals surface area contributed by atoms with Crippen molar-refractivity contribution in [2.24, 2.45) is 7.05 Å². The van der Waals surface area contributed by atoms with Gasteiger partial charge in [-0.1, -0.05) is 32.0 Å². The molecule has 1 aromatic carbocycles. The van der Waals surface area contributed by atoms with Gasteiger partial charge in [-0.15, -0.1) is 0 Å². The number of rotatable bonds is 7. The van der Waals surface area contributed by atoms with E-state index in [-0.39, 0.29) is 0 Å². The van der Waals surface area contributed by atoms with E-state index in [0.29, 0.717) is 0 Å². The molecule has 3 rings (SSSR count). The lowest BCUT2D eigenvalue weighted by molar-refractivity contribution is 0.301. The number of anilines is 1. The second-order valence-corrected chi connectivity index (χ2v) is 6.41. The molecule has 0 N–H and O–H groups in total. The van der Waals surface area contributed by atoms with Crippen molar-refractivity contribution in [1.82, 2.24) is 14.5 Å². The normalized spacial score (nSPS) is 11.7. The highest BCUT2D eigenvalue weighted by Crippen LogP contribution is 2.32. The molecule has 0 amide bonds. The van der Waals surface area contributed by atoms with Crippen molar-refractivity contribution in [1.29, 1.82) is 0 Å². The van der Waals surface area contributed by atoms with Crippen LogP contribution in [-0.2, 0) is 7.05 Å². The van der Waals surface area contributed by atoms with E-state index < -0.39 is 0 Å². The Kier molecular flexibility index (Phi) is 5.05. The number of hydrogen-bond acceptors (Lipinski definition) is 3. The van der Waals surface area contributed by atoms with E-state index in [1.165, 1.54) is 21.8 Å². The number of para-hydroxylation sites is 1. The van der Waals surface area contributed by atoms with Crippen molar-refractivity contribution in [2.45, 2.75) is 20.3 Å². The SMILES string of the molecule is CCN(CC)CCCN(C)c1nccc2c3ccccc3n(C)c12. The third-order valence-electron chi connectivity index (χ3n) is 5.02. The molecule has 2 aromatic heterocycles. The Morgan fingerprint density at radius 3 is 2.50 bits per heavy atom. The number of nitrogens with zero attached hydrogens (tertiary/aromatic N) is 4. The Morgan fingerprint density at radius 2 is 1.75 bits per heavy atom. The zero-order chi connectivity index (χ0) is 17.1. The van der Waals surface area contributed by atoms with Gasteiger partial charge in [-0.3, -0.25) is 0 Å². The number of hydrogen-bond donors (Lipinski definition) is 0. The summed E-state index contributed by atoms with van der Waals surface area (Å²) in [5.41, 5.74) is 2.49. The van der Waals surface area contributed by atoms with Crippen molar-refractivity contribution in [3.63, 3.8) is 0 Å². The van der Waals surface area contributed by atoms with E-state index in [0.717, 1.165) is 38.4 Å². The van der Waals surface area contributed by atoms with Crippen LogP contribution in [0.2, 0.25) is 0 Å². The summed E-state index contributed by atoms with van der Waals surface area (Å²) >= 11 is 0. The van der Waals surface area contributed by atoms with Gasteiger partial charge >= 0.3 is 0 Å². The molecule has 0 bridgehead atoms. The predicted molar refractivity (Wildman–Crippen MR) is 104 cm³/mol. The quantitative estimate of drug-likeness (QED) is 0.659. The topological polar surface area (TPSA) is 24.3 Å². The van der Waals surface area contributed by atoms with Gasteiger partial charge in [0.2, 0.25) is 0 Å². The molecule has 0 radical (unpaired) electrons. The average Bonchev–Trinajstić information content (AvgIpc) is 2.92. The highest BCUT2D eigenvalue weighted by molar-refractivity contribution is 6.11. The van der Waals surface area contributed by atoms with Gasteiger partial charge in [0, 0.05) is 43.1 Å². The maximum absolute atomic E-state index is 4.69. The summed E-state index contributed by atoms with van der Waals surface area (Å²) in [6.07, 6.45) is 3.09. The van der Waals surface area contributed by atoms with Crippen molar-refractivity contribution >= 4 is 27.6 Å². The molecule has 0 saturated carbocycles. The van der Waals surface area contributed by atoms with E-state index in [1.54, 1.807) is 0 Å². The lowest BCUT2D eigenvalue weighted by Crippen LogP contribution is -2.28. The van der Waals surface area contributed by atoms with E-state index in [4.69, 9.17) is 4.98 Å². The summed E-state index contributed by atoms with van der Waals surface area (Å²) in [5, 5.41) is 2.59. The van der Waals surface area contributed by atoms with Crippen molar-refractivity contribution in [3.8, 4) is 0 Å². The second kappa shape index (κ2) is 7.22. The summed E-state index contributed by atoms with van der Waals surface area (Å²) in [5.74, 6) is 1.07. The Balaban J connectivity index is 1.89. The Hall–Kier alpha value is -2.07. The number of fused-ring (bicyclic) bond motifs is 3. The van der Waals surface area contributed by atoms with Crippen LogP contribution >= 0.6 is 0 Å². The fourth-order valence-corrected chi connectivity index (χ4v) is 3.56. The first-order valence-electron chi connectivity index (χ1n) is 8.93. The molecule has 24 heavy (non-hydrogen) atoms. The average molecular weight is 324 g/mol. The molecule has 0 aliphatic carbocycles. The van der Waals surface area contributed by atoms with E-state index in [1.807, 2.05) is 6.20 Å². The smallest absolute Gasteiger partial charge is 0.152 e. The van der Waals surface area contributed by atoms with Crippen molar-refractivity contribution in [3.05, 3.63) is 36.5 Å². The Morgan fingerprint density at radius 1 is 1.00 bits per heavy atom. The number of aromatic nitrogens is 2. The minimum absolute atomic E-state index is 1.02. The van der Waals surface area contributed by atoms with Crippen molar-refractivity contribution in [2.75, 3.05) is 38.1 Å². The molecule has 0 spiro atoms. The molecule has 4 nitrogen and oxygen atoms in total. The molecule has 128 valence electrons. The molecule has 0 aliphatic heterocycles.